The van der Waals surface area contributed by atoms with Crippen molar-refractivity contribution in [3.05, 3.63) is 48.8 Å². The molecule has 0 amide bonds. The van der Waals surface area contributed by atoms with Gasteiger partial charge in [-0.1, -0.05) is 10.4 Å². The molecule has 0 fully saturated rings. The molecular formula is C17H15N7O2. The smallest absolute Gasteiger partial charge is 0.282 e. The third-order valence-corrected chi connectivity index (χ3v) is 3.65. The lowest BCUT2D eigenvalue weighted by molar-refractivity contribution is 0.340. The molecule has 3 heterocycles. The second-order valence-corrected chi connectivity index (χ2v) is 5.33. The molecule has 3 aromatic heterocycles. The molecule has 0 saturated heterocycles. The highest BCUT2D eigenvalue weighted by Gasteiger charge is 2.19. The van der Waals surface area contributed by atoms with Gasteiger partial charge in [0.05, 0.1) is 12.3 Å². The van der Waals surface area contributed by atoms with Gasteiger partial charge >= 0.3 is 0 Å². The number of nitrogens with zero attached hydrogens (tertiary/aromatic N) is 6. The molecule has 0 bridgehead atoms. The summed E-state index contributed by atoms with van der Waals surface area (Å²) in [7, 11) is 0. The lowest BCUT2D eigenvalue weighted by Gasteiger charge is -2.05. The summed E-state index contributed by atoms with van der Waals surface area (Å²) in [6.45, 7) is 2.53. The summed E-state index contributed by atoms with van der Waals surface area (Å²) in [6, 6.07) is 11.0. The topological polar surface area (TPSA) is 118 Å². The van der Waals surface area contributed by atoms with Crippen molar-refractivity contribution in [1.82, 2.24) is 30.1 Å². The van der Waals surface area contributed by atoms with E-state index in [9.17, 15) is 0 Å². The van der Waals surface area contributed by atoms with E-state index >= 15 is 0 Å². The average molecular weight is 349 g/mol. The molecule has 2 N–H and O–H groups in total. The fourth-order valence-electron chi connectivity index (χ4n) is 2.41. The number of aromatic nitrogens is 6. The molecule has 130 valence electrons. The number of anilines is 1. The van der Waals surface area contributed by atoms with Gasteiger partial charge in [0.1, 0.15) is 5.75 Å². The number of pyridine rings is 1. The van der Waals surface area contributed by atoms with Crippen LogP contribution in [-0.4, -0.2) is 36.7 Å². The highest BCUT2D eigenvalue weighted by Crippen LogP contribution is 2.26. The molecule has 4 aromatic rings. The van der Waals surface area contributed by atoms with E-state index in [4.69, 9.17) is 15.0 Å². The SMILES string of the molecule is CCOc1ccc(-n2nnc(-c3nc(-c4cccnc4)no3)c2N)cc1. The van der Waals surface area contributed by atoms with E-state index in [0.717, 1.165) is 17.0 Å². The van der Waals surface area contributed by atoms with Crippen molar-refractivity contribution in [2.24, 2.45) is 0 Å². The third-order valence-electron chi connectivity index (χ3n) is 3.65. The molecule has 0 atom stereocenters. The summed E-state index contributed by atoms with van der Waals surface area (Å²) >= 11 is 0. The Morgan fingerprint density at radius 1 is 1.19 bits per heavy atom. The van der Waals surface area contributed by atoms with Gasteiger partial charge in [-0.05, 0) is 43.3 Å². The Morgan fingerprint density at radius 3 is 2.77 bits per heavy atom. The molecule has 0 unspecified atom stereocenters. The maximum atomic E-state index is 6.18. The van der Waals surface area contributed by atoms with Crippen LogP contribution in [0.5, 0.6) is 5.75 Å². The van der Waals surface area contributed by atoms with Gasteiger partial charge in [-0.2, -0.15) is 9.67 Å². The maximum absolute atomic E-state index is 6.18. The van der Waals surface area contributed by atoms with Crippen molar-refractivity contribution in [2.75, 3.05) is 12.3 Å². The Hall–Kier alpha value is -3.75. The summed E-state index contributed by atoms with van der Waals surface area (Å²) in [4.78, 5) is 8.36. The molecule has 9 heteroatoms. The first kappa shape index (κ1) is 15.8. The molecule has 1 aromatic carbocycles. The van der Waals surface area contributed by atoms with Crippen molar-refractivity contribution in [1.29, 1.82) is 0 Å². The summed E-state index contributed by atoms with van der Waals surface area (Å²) in [5.74, 6) is 1.67. The molecule has 0 saturated carbocycles. The van der Waals surface area contributed by atoms with Gasteiger partial charge in [-0.15, -0.1) is 5.10 Å². The van der Waals surface area contributed by atoms with Crippen LogP contribution in [0.2, 0.25) is 0 Å². The average Bonchev–Trinajstić information content (AvgIpc) is 3.30. The van der Waals surface area contributed by atoms with Crippen LogP contribution in [0, 0.1) is 0 Å². The molecule has 0 aliphatic carbocycles. The van der Waals surface area contributed by atoms with E-state index in [0.29, 0.717) is 23.9 Å². The van der Waals surface area contributed by atoms with Crippen LogP contribution in [0.1, 0.15) is 6.92 Å². The van der Waals surface area contributed by atoms with Gasteiger partial charge in [0.25, 0.3) is 5.89 Å². The normalized spacial score (nSPS) is 10.8. The fraction of sp³-hybridized carbons (Fsp3) is 0.118. The summed E-state index contributed by atoms with van der Waals surface area (Å²) in [6.07, 6.45) is 3.32. The van der Waals surface area contributed by atoms with Crippen LogP contribution in [0.3, 0.4) is 0 Å². The summed E-state index contributed by atoms with van der Waals surface area (Å²) < 4.78 is 12.2. The number of nitrogens with two attached hydrogens (primary N) is 1. The monoisotopic (exact) mass is 349 g/mol. The first-order chi connectivity index (χ1) is 12.8. The Balaban J connectivity index is 1.64. The number of rotatable bonds is 5. The lowest BCUT2D eigenvalue weighted by atomic mass is 10.3. The number of hydrogen-bond donors (Lipinski definition) is 1. The summed E-state index contributed by atoms with van der Waals surface area (Å²) in [5.41, 5.74) is 7.98. The Labute approximate surface area is 148 Å². The van der Waals surface area contributed by atoms with Crippen LogP contribution in [0.25, 0.3) is 28.7 Å². The minimum atomic E-state index is 0.193. The Morgan fingerprint density at radius 2 is 2.04 bits per heavy atom. The predicted octanol–water partition coefficient (Wildman–Crippen LogP) is 2.36. The largest absolute Gasteiger partial charge is 0.494 e. The van der Waals surface area contributed by atoms with Crippen LogP contribution in [0.15, 0.2) is 53.3 Å². The van der Waals surface area contributed by atoms with Gasteiger partial charge in [0.15, 0.2) is 11.5 Å². The van der Waals surface area contributed by atoms with E-state index in [1.165, 1.54) is 4.68 Å². The number of ether oxygens (including phenoxy) is 1. The maximum Gasteiger partial charge on any atom is 0.282 e. The molecule has 0 aliphatic rings. The van der Waals surface area contributed by atoms with Gasteiger partial charge in [0.2, 0.25) is 5.82 Å². The van der Waals surface area contributed by atoms with Crippen molar-refractivity contribution in [3.8, 4) is 34.4 Å². The molecule has 26 heavy (non-hydrogen) atoms. The van der Waals surface area contributed by atoms with E-state index in [-0.39, 0.29) is 5.89 Å². The fourth-order valence-corrected chi connectivity index (χ4v) is 2.41. The first-order valence-electron chi connectivity index (χ1n) is 7.95. The highest BCUT2D eigenvalue weighted by molar-refractivity contribution is 5.66. The van der Waals surface area contributed by atoms with Crippen molar-refractivity contribution >= 4 is 5.82 Å². The van der Waals surface area contributed by atoms with E-state index in [2.05, 4.69) is 25.4 Å². The molecular weight excluding hydrogens is 334 g/mol. The number of benzene rings is 1. The standard InChI is InChI=1S/C17H15N7O2/c1-2-25-13-7-5-12(6-8-13)24-15(18)14(21-23-24)17-20-16(22-26-17)11-4-3-9-19-10-11/h3-10H,2,18H2,1H3. The zero-order valence-corrected chi connectivity index (χ0v) is 13.9. The van der Waals surface area contributed by atoms with Crippen molar-refractivity contribution in [2.45, 2.75) is 6.92 Å². The van der Waals surface area contributed by atoms with Crippen molar-refractivity contribution < 1.29 is 9.26 Å². The van der Waals surface area contributed by atoms with E-state index in [1.807, 2.05) is 37.3 Å². The zero-order chi connectivity index (χ0) is 17.9. The summed E-state index contributed by atoms with van der Waals surface area (Å²) in [5, 5.41) is 12.1. The van der Waals surface area contributed by atoms with Gasteiger partial charge < -0.3 is 15.0 Å². The number of hydrogen-bond acceptors (Lipinski definition) is 8. The number of nitrogen functional groups attached to an aromatic ring is 1. The minimum Gasteiger partial charge on any atom is -0.494 e. The minimum absolute atomic E-state index is 0.193. The van der Waals surface area contributed by atoms with E-state index in [1.54, 1.807) is 18.5 Å². The van der Waals surface area contributed by atoms with Crippen LogP contribution >= 0.6 is 0 Å². The van der Waals surface area contributed by atoms with E-state index < -0.39 is 0 Å². The predicted molar refractivity (Wildman–Crippen MR) is 93.5 cm³/mol. The van der Waals surface area contributed by atoms with Crippen molar-refractivity contribution in [3.63, 3.8) is 0 Å². The zero-order valence-electron chi connectivity index (χ0n) is 13.9. The second kappa shape index (κ2) is 6.63. The molecule has 0 aliphatic heterocycles. The Kier molecular flexibility index (Phi) is 4.02. The Bertz CT molecular complexity index is 1010. The van der Waals surface area contributed by atoms with Crippen LogP contribution in [0.4, 0.5) is 5.82 Å². The first-order valence-corrected chi connectivity index (χ1v) is 7.95. The molecule has 0 spiro atoms. The van der Waals surface area contributed by atoms with Gasteiger partial charge in [-0.25, -0.2) is 0 Å². The molecule has 0 radical (unpaired) electrons. The van der Waals surface area contributed by atoms with Crippen LogP contribution in [-0.2, 0) is 0 Å². The third kappa shape index (κ3) is 2.86. The van der Waals surface area contributed by atoms with Gasteiger partial charge in [0, 0.05) is 18.0 Å². The quantitative estimate of drug-likeness (QED) is 0.583. The molecule has 4 rings (SSSR count). The highest BCUT2D eigenvalue weighted by atomic mass is 16.5. The van der Waals surface area contributed by atoms with Gasteiger partial charge in [-0.3, -0.25) is 4.98 Å². The van der Waals surface area contributed by atoms with Crippen LogP contribution < -0.4 is 10.5 Å². The molecule has 9 nitrogen and oxygen atoms in total. The second-order valence-electron chi connectivity index (χ2n) is 5.33. The lowest BCUT2D eigenvalue weighted by Crippen LogP contribution is -2.02.